The van der Waals surface area contributed by atoms with E-state index in [1.807, 2.05) is 24.3 Å². The van der Waals surface area contributed by atoms with E-state index >= 15 is 0 Å². The fraction of sp³-hybridized carbons (Fsp3) is 0.312. The number of rotatable bonds is 4. The van der Waals surface area contributed by atoms with Gasteiger partial charge in [0.2, 0.25) is 5.88 Å². The van der Waals surface area contributed by atoms with Crippen LogP contribution >= 0.6 is 0 Å². The minimum absolute atomic E-state index is 0.477. The summed E-state index contributed by atoms with van der Waals surface area (Å²) in [5.41, 5.74) is 1.49. The zero-order chi connectivity index (χ0) is 14.4. The molecule has 4 heteroatoms. The van der Waals surface area contributed by atoms with Gasteiger partial charge in [0.1, 0.15) is 11.3 Å². The van der Waals surface area contributed by atoms with Gasteiger partial charge in [0.25, 0.3) is 0 Å². The number of hydrogen-bond acceptors (Lipinski definition) is 4. The third kappa shape index (κ3) is 2.84. The predicted molar refractivity (Wildman–Crippen MR) is 78.2 cm³/mol. The summed E-state index contributed by atoms with van der Waals surface area (Å²) in [5, 5.41) is 0.923. The highest BCUT2D eigenvalue weighted by Crippen LogP contribution is 2.33. The van der Waals surface area contributed by atoms with Crippen molar-refractivity contribution in [2.75, 3.05) is 27.9 Å². The maximum atomic E-state index is 5.50. The molecule has 1 aromatic carbocycles. The zero-order valence-electron chi connectivity index (χ0n) is 11.9. The van der Waals surface area contributed by atoms with Crippen molar-refractivity contribution in [3.05, 3.63) is 29.8 Å². The SMILES string of the molecule is COCCC#Cc1c(OC)nc2ccccc2c1OC. The molecule has 0 unspecified atom stereocenters. The lowest BCUT2D eigenvalue weighted by Gasteiger charge is -2.11. The van der Waals surface area contributed by atoms with Crippen LogP contribution in [0, 0.1) is 11.8 Å². The second-order valence-electron chi connectivity index (χ2n) is 4.09. The molecule has 4 nitrogen and oxygen atoms in total. The number of ether oxygens (including phenoxy) is 3. The number of nitrogens with zero attached hydrogens (tertiary/aromatic N) is 1. The Balaban J connectivity index is 2.57. The van der Waals surface area contributed by atoms with Crippen LogP contribution in [0.1, 0.15) is 12.0 Å². The van der Waals surface area contributed by atoms with Gasteiger partial charge in [0, 0.05) is 18.9 Å². The minimum atomic E-state index is 0.477. The summed E-state index contributed by atoms with van der Waals surface area (Å²) in [5.74, 6) is 7.28. The van der Waals surface area contributed by atoms with Gasteiger partial charge in [-0.05, 0) is 12.1 Å². The molecule has 0 saturated heterocycles. The van der Waals surface area contributed by atoms with Crippen LogP contribution in [0.4, 0.5) is 0 Å². The average Bonchev–Trinajstić information content (AvgIpc) is 2.50. The zero-order valence-corrected chi connectivity index (χ0v) is 11.9. The molecule has 104 valence electrons. The number of fused-ring (bicyclic) bond motifs is 1. The first-order chi connectivity index (χ1) is 9.81. The number of hydrogen-bond donors (Lipinski definition) is 0. The highest BCUT2D eigenvalue weighted by atomic mass is 16.5. The summed E-state index contributed by atoms with van der Waals surface area (Å²) in [6.45, 7) is 0.596. The van der Waals surface area contributed by atoms with E-state index in [1.54, 1.807) is 21.3 Å². The molecule has 0 N–H and O–H groups in total. The number of aromatic nitrogens is 1. The lowest BCUT2D eigenvalue weighted by Crippen LogP contribution is -1.98. The summed E-state index contributed by atoms with van der Waals surface area (Å²) in [6, 6.07) is 7.75. The highest BCUT2D eigenvalue weighted by Gasteiger charge is 2.14. The van der Waals surface area contributed by atoms with Crippen molar-refractivity contribution < 1.29 is 14.2 Å². The van der Waals surface area contributed by atoms with Crippen molar-refractivity contribution in [1.29, 1.82) is 0 Å². The van der Waals surface area contributed by atoms with Crippen LogP contribution in [0.5, 0.6) is 11.6 Å². The Morgan fingerprint density at radius 1 is 1.10 bits per heavy atom. The van der Waals surface area contributed by atoms with E-state index in [1.165, 1.54) is 0 Å². The number of methoxy groups -OCH3 is 3. The molecule has 0 fully saturated rings. The van der Waals surface area contributed by atoms with Crippen LogP contribution < -0.4 is 9.47 Å². The van der Waals surface area contributed by atoms with E-state index < -0.39 is 0 Å². The Hall–Kier alpha value is -2.25. The minimum Gasteiger partial charge on any atom is -0.495 e. The van der Waals surface area contributed by atoms with Gasteiger partial charge in [0.05, 0.1) is 26.3 Å². The Kier molecular flexibility index (Phi) is 4.80. The molecule has 1 heterocycles. The van der Waals surface area contributed by atoms with Crippen LogP contribution in [0.25, 0.3) is 10.9 Å². The van der Waals surface area contributed by atoms with Crippen LogP contribution in [0.2, 0.25) is 0 Å². The molecule has 0 saturated carbocycles. The van der Waals surface area contributed by atoms with Gasteiger partial charge in [0.15, 0.2) is 0 Å². The quantitative estimate of drug-likeness (QED) is 0.633. The first-order valence-electron chi connectivity index (χ1n) is 6.30. The first-order valence-corrected chi connectivity index (χ1v) is 6.30. The van der Waals surface area contributed by atoms with E-state index in [-0.39, 0.29) is 0 Å². The normalized spacial score (nSPS) is 9.95. The third-order valence-corrected chi connectivity index (χ3v) is 2.85. The monoisotopic (exact) mass is 271 g/mol. The van der Waals surface area contributed by atoms with E-state index in [2.05, 4.69) is 16.8 Å². The molecule has 0 amide bonds. The van der Waals surface area contributed by atoms with Crippen molar-refractivity contribution in [3.8, 4) is 23.5 Å². The van der Waals surface area contributed by atoms with Crippen LogP contribution in [0.15, 0.2) is 24.3 Å². The largest absolute Gasteiger partial charge is 0.495 e. The average molecular weight is 271 g/mol. The summed E-state index contributed by atoms with van der Waals surface area (Å²) >= 11 is 0. The topological polar surface area (TPSA) is 40.6 Å². The number of pyridine rings is 1. The molecule has 0 aliphatic heterocycles. The Morgan fingerprint density at radius 2 is 1.90 bits per heavy atom. The van der Waals surface area contributed by atoms with Crippen molar-refractivity contribution in [3.63, 3.8) is 0 Å². The maximum absolute atomic E-state index is 5.50. The Morgan fingerprint density at radius 3 is 2.60 bits per heavy atom. The fourth-order valence-corrected chi connectivity index (χ4v) is 1.93. The molecule has 2 aromatic rings. The van der Waals surface area contributed by atoms with E-state index in [0.29, 0.717) is 30.2 Å². The van der Waals surface area contributed by atoms with Crippen LogP contribution in [-0.4, -0.2) is 32.9 Å². The van der Waals surface area contributed by atoms with Crippen molar-refractivity contribution >= 4 is 10.9 Å². The van der Waals surface area contributed by atoms with Gasteiger partial charge >= 0.3 is 0 Å². The van der Waals surface area contributed by atoms with Gasteiger partial charge in [-0.15, -0.1) is 0 Å². The van der Waals surface area contributed by atoms with Crippen molar-refractivity contribution in [2.24, 2.45) is 0 Å². The molecular formula is C16H17NO3. The fourth-order valence-electron chi connectivity index (χ4n) is 1.93. The Labute approximate surface area is 118 Å². The Bertz CT molecular complexity index is 656. The first kappa shape index (κ1) is 14.2. The molecule has 0 aliphatic carbocycles. The molecule has 0 radical (unpaired) electrons. The molecule has 1 aromatic heterocycles. The lowest BCUT2D eigenvalue weighted by atomic mass is 10.1. The number of para-hydroxylation sites is 1. The smallest absolute Gasteiger partial charge is 0.233 e. The van der Waals surface area contributed by atoms with Crippen molar-refractivity contribution in [2.45, 2.75) is 6.42 Å². The third-order valence-electron chi connectivity index (χ3n) is 2.85. The highest BCUT2D eigenvalue weighted by molar-refractivity contribution is 5.88. The molecular weight excluding hydrogens is 254 g/mol. The summed E-state index contributed by atoms with van der Waals surface area (Å²) in [6.07, 6.45) is 0.648. The second-order valence-corrected chi connectivity index (χ2v) is 4.09. The van der Waals surface area contributed by atoms with E-state index in [9.17, 15) is 0 Å². The van der Waals surface area contributed by atoms with Gasteiger partial charge in [-0.25, -0.2) is 4.98 Å². The molecule has 20 heavy (non-hydrogen) atoms. The second kappa shape index (κ2) is 6.78. The number of benzene rings is 1. The molecule has 0 spiro atoms. The van der Waals surface area contributed by atoms with Gasteiger partial charge in [-0.2, -0.15) is 0 Å². The van der Waals surface area contributed by atoms with Gasteiger partial charge < -0.3 is 14.2 Å². The van der Waals surface area contributed by atoms with Gasteiger partial charge in [-0.3, -0.25) is 0 Å². The van der Waals surface area contributed by atoms with Crippen LogP contribution in [-0.2, 0) is 4.74 Å². The molecule has 0 bridgehead atoms. The summed E-state index contributed by atoms with van der Waals surface area (Å²) < 4.78 is 15.8. The van der Waals surface area contributed by atoms with E-state index in [0.717, 1.165) is 10.9 Å². The predicted octanol–water partition coefficient (Wildman–Crippen LogP) is 2.64. The lowest BCUT2D eigenvalue weighted by molar-refractivity contribution is 0.206. The molecule has 0 aliphatic rings. The maximum Gasteiger partial charge on any atom is 0.233 e. The van der Waals surface area contributed by atoms with Gasteiger partial charge in [-0.1, -0.05) is 24.0 Å². The standard InChI is InChI=1S/C16H17NO3/c1-18-11-7-6-9-13-15(19-2)12-8-4-5-10-14(12)17-16(13)20-3/h4-5,8,10H,7,11H2,1-3H3. The van der Waals surface area contributed by atoms with E-state index in [4.69, 9.17) is 14.2 Å². The summed E-state index contributed by atoms with van der Waals surface area (Å²) in [4.78, 5) is 4.47. The van der Waals surface area contributed by atoms with Crippen LogP contribution in [0.3, 0.4) is 0 Å². The van der Waals surface area contributed by atoms with Crippen molar-refractivity contribution in [1.82, 2.24) is 4.98 Å². The summed E-state index contributed by atoms with van der Waals surface area (Å²) in [7, 11) is 4.86. The molecule has 0 atom stereocenters. The molecule has 2 rings (SSSR count).